The minimum absolute atomic E-state index is 0.669. The van der Waals surface area contributed by atoms with Crippen molar-refractivity contribution in [3.8, 4) is 22.3 Å². The molecule has 0 fully saturated rings. The van der Waals surface area contributed by atoms with Gasteiger partial charge in [0.05, 0.1) is 0 Å². The zero-order chi connectivity index (χ0) is 30.5. The summed E-state index contributed by atoms with van der Waals surface area (Å²) in [7, 11) is 0. The summed E-state index contributed by atoms with van der Waals surface area (Å²) in [5, 5.41) is 6.70. The maximum atomic E-state index is 6.36. The highest BCUT2D eigenvalue weighted by Crippen LogP contribution is 2.41. The van der Waals surface area contributed by atoms with Gasteiger partial charge in [0.25, 0.3) is 0 Å². The van der Waals surface area contributed by atoms with E-state index in [1.807, 2.05) is 6.07 Å². The third-order valence-corrected chi connectivity index (χ3v) is 8.92. The van der Waals surface area contributed by atoms with Crippen molar-refractivity contribution in [1.82, 2.24) is 4.98 Å². The number of rotatable bonds is 5. The molecule has 0 atom stereocenters. The fraction of sp³-hybridized carbons (Fsp3) is 0. The Kier molecular flexibility index (Phi) is 6.14. The molecule has 0 aliphatic carbocycles. The maximum absolute atomic E-state index is 6.36. The predicted octanol–water partition coefficient (Wildman–Crippen LogP) is 12.1. The lowest BCUT2D eigenvalue weighted by molar-refractivity contribution is 0.658. The Hall–Kier alpha value is -6.19. The second kappa shape index (κ2) is 10.8. The van der Waals surface area contributed by atoms with Gasteiger partial charge in [-0.15, -0.1) is 0 Å². The molecule has 0 amide bonds. The van der Waals surface area contributed by atoms with Crippen LogP contribution in [0.3, 0.4) is 0 Å². The first-order chi connectivity index (χ1) is 22.8. The summed E-state index contributed by atoms with van der Waals surface area (Å²) < 4.78 is 6.36. The molecule has 0 saturated heterocycles. The molecule has 0 aliphatic heterocycles. The molecule has 7 aromatic carbocycles. The Labute approximate surface area is 266 Å². The van der Waals surface area contributed by atoms with E-state index in [4.69, 9.17) is 4.42 Å². The summed E-state index contributed by atoms with van der Waals surface area (Å²) in [5.74, 6) is 0. The number of pyridine rings is 1. The predicted molar refractivity (Wildman–Crippen MR) is 192 cm³/mol. The van der Waals surface area contributed by atoms with Crippen LogP contribution in [0.15, 0.2) is 174 Å². The van der Waals surface area contributed by atoms with Gasteiger partial charge in [0.1, 0.15) is 5.58 Å². The second-order valence-electron chi connectivity index (χ2n) is 11.6. The Morgan fingerprint density at radius 1 is 0.413 bits per heavy atom. The lowest BCUT2D eigenvalue weighted by atomic mass is 9.98. The first-order valence-electron chi connectivity index (χ1n) is 15.5. The van der Waals surface area contributed by atoms with Crippen LogP contribution in [-0.2, 0) is 0 Å². The van der Waals surface area contributed by atoms with Crippen LogP contribution in [0.4, 0.5) is 17.1 Å². The number of hydrogen-bond donors (Lipinski definition) is 0. The van der Waals surface area contributed by atoms with Crippen LogP contribution < -0.4 is 4.90 Å². The highest BCUT2D eigenvalue weighted by molar-refractivity contribution is 6.23. The molecule has 0 N–H and O–H groups in total. The van der Waals surface area contributed by atoms with Crippen molar-refractivity contribution >= 4 is 60.7 Å². The van der Waals surface area contributed by atoms with Gasteiger partial charge in [-0.05, 0) is 93.0 Å². The molecule has 216 valence electrons. The molecule has 0 aliphatic rings. The SMILES string of the molecule is c1ccc(-c2ccc(N(c3ccc(-c4ccccc4)cc3)c3ccc4c(ccc5ccc6c7cccnc7oc6c54)c3)cc2)cc1. The Morgan fingerprint density at radius 3 is 1.61 bits per heavy atom. The van der Waals surface area contributed by atoms with Gasteiger partial charge < -0.3 is 9.32 Å². The van der Waals surface area contributed by atoms with E-state index in [1.54, 1.807) is 6.20 Å². The molecule has 9 rings (SSSR count). The summed E-state index contributed by atoms with van der Waals surface area (Å²) in [6, 6.07) is 58.2. The standard InChI is InChI=1S/C43H28N2O/c1-3-8-29(9-4-1)31-15-20-35(21-16-31)45(36-22-17-32(18-23-36)30-10-5-2-6-11-30)37-24-26-38-34(28-37)14-13-33-19-25-39-40-12-7-27-44-43(40)46-42(39)41(33)38/h1-28H. The van der Waals surface area contributed by atoms with E-state index < -0.39 is 0 Å². The van der Waals surface area contributed by atoms with Crippen molar-refractivity contribution in [2.75, 3.05) is 4.90 Å². The molecule has 46 heavy (non-hydrogen) atoms. The molecular weight excluding hydrogens is 560 g/mol. The van der Waals surface area contributed by atoms with E-state index in [0.717, 1.165) is 55.0 Å². The van der Waals surface area contributed by atoms with E-state index >= 15 is 0 Å². The molecule has 0 saturated carbocycles. The first kappa shape index (κ1) is 26.2. The average molecular weight is 589 g/mol. The first-order valence-corrected chi connectivity index (χ1v) is 15.5. The molecule has 0 spiro atoms. The van der Waals surface area contributed by atoms with Crippen molar-refractivity contribution in [3.05, 3.63) is 170 Å². The minimum Gasteiger partial charge on any atom is -0.437 e. The molecule has 9 aromatic rings. The van der Waals surface area contributed by atoms with Gasteiger partial charge >= 0.3 is 0 Å². The molecule has 3 heteroatoms. The van der Waals surface area contributed by atoms with E-state index in [9.17, 15) is 0 Å². The van der Waals surface area contributed by atoms with Gasteiger partial charge in [0.15, 0.2) is 0 Å². The molecule has 2 heterocycles. The van der Waals surface area contributed by atoms with Gasteiger partial charge in [0.2, 0.25) is 5.71 Å². The van der Waals surface area contributed by atoms with Crippen molar-refractivity contribution in [2.24, 2.45) is 0 Å². The summed E-state index contributed by atoms with van der Waals surface area (Å²) in [5.41, 5.74) is 9.63. The Morgan fingerprint density at radius 2 is 0.957 bits per heavy atom. The van der Waals surface area contributed by atoms with Crippen LogP contribution in [0.5, 0.6) is 0 Å². The van der Waals surface area contributed by atoms with Crippen molar-refractivity contribution in [2.45, 2.75) is 0 Å². The lowest BCUT2D eigenvalue weighted by Crippen LogP contribution is -2.09. The van der Waals surface area contributed by atoms with Gasteiger partial charge in [-0.25, -0.2) is 4.98 Å². The zero-order valence-corrected chi connectivity index (χ0v) is 25.0. The van der Waals surface area contributed by atoms with Crippen molar-refractivity contribution < 1.29 is 4.42 Å². The fourth-order valence-corrected chi connectivity index (χ4v) is 6.66. The number of nitrogens with zero attached hydrogens (tertiary/aromatic N) is 2. The van der Waals surface area contributed by atoms with Crippen LogP contribution in [0.2, 0.25) is 0 Å². The topological polar surface area (TPSA) is 29.3 Å². The zero-order valence-electron chi connectivity index (χ0n) is 25.0. The van der Waals surface area contributed by atoms with Crippen LogP contribution in [0.1, 0.15) is 0 Å². The van der Waals surface area contributed by atoms with E-state index in [2.05, 4.69) is 168 Å². The Bertz CT molecular complexity index is 2420. The molecule has 0 bridgehead atoms. The van der Waals surface area contributed by atoms with Gasteiger partial charge in [0, 0.05) is 39.4 Å². The average Bonchev–Trinajstić information content (AvgIpc) is 3.52. The maximum Gasteiger partial charge on any atom is 0.227 e. The number of aromatic nitrogens is 1. The quantitative estimate of drug-likeness (QED) is 0.187. The van der Waals surface area contributed by atoms with Crippen molar-refractivity contribution in [1.29, 1.82) is 0 Å². The third kappa shape index (κ3) is 4.41. The van der Waals surface area contributed by atoms with Gasteiger partial charge in [-0.2, -0.15) is 0 Å². The van der Waals surface area contributed by atoms with Crippen LogP contribution in [0.25, 0.3) is 65.9 Å². The number of fused-ring (bicyclic) bond motifs is 7. The van der Waals surface area contributed by atoms with Crippen LogP contribution in [-0.4, -0.2) is 4.98 Å². The van der Waals surface area contributed by atoms with Gasteiger partial charge in [-0.3, -0.25) is 0 Å². The highest BCUT2D eigenvalue weighted by Gasteiger charge is 2.17. The smallest absolute Gasteiger partial charge is 0.227 e. The third-order valence-electron chi connectivity index (χ3n) is 8.92. The molecule has 0 radical (unpaired) electrons. The summed E-state index contributed by atoms with van der Waals surface area (Å²) >= 11 is 0. The largest absolute Gasteiger partial charge is 0.437 e. The highest BCUT2D eigenvalue weighted by atomic mass is 16.3. The normalized spacial score (nSPS) is 11.5. The molecular formula is C43H28N2O. The lowest BCUT2D eigenvalue weighted by Gasteiger charge is -2.26. The van der Waals surface area contributed by atoms with Gasteiger partial charge in [-0.1, -0.05) is 109 Å². The minimum atomic E-state index is 0.669. The number of hydrogen-bond acceptors (Lipinski definition) is 3. The van der Waals surface area contributed by atoms with Crippen LogP contribution in [0, 0.1) is 0 Å². The summed E-state index contributed by atoms with van der Waals surface area (Å²) in [4.78, 5) is 6.82. The fourth-order valence-electron chi connectivity index (χ4n) is 6.66. The van der Waals surface area contributed by atoms with E-state index in [-0.39, 0.29) is 0 Å². The van der Waals surface area contributed by atoms with Crippen LogP contribution >= 0.6 is 0 Å². The summed E-state index contributed by atoms with van der Waals surface area (Å²) in [6.45, 7) is 0. The molecule has 2 aromatic heterocycles. The number of anilines is 3. The van der Waals surface area contributed by atoms with Crippen molar-refractivity contribution in [3.63, 3.8) is 0 Å². The molecule has 0 unspecified atom stereocenters. The summed E-state index contributed by atoms with van der Waals surface area (Å²) in [6.07, 6.45) is 1.78. The van der Waals surface area contributed by atoms with E-state index in [1.165, 1.54) is 22.3 Å². The Balaban J connectivity index is 1.20. The number of furan rings is 1. The number of benzene rings is 7. The second-order valence-corrected chi connectivity index (χ2v) is 11.6. The van der Waals surface area contributed by atoms with E-state index in [0.29, 0.717) is 5.71 Å². The molecule has 3 nitrogen and oxygen atoms in total. The monoisotopic (exact) mass is 588 g/mol.